The van der Waals surface area contributed by atoms with Crippen LogP contribution in [0.15, 0.2) is 30.9 Å². The van der Waals surface area contributed by atoms with Crippen molar-refractivity contribution in [3.8, 4) is 0 Å². The zero-order valence-electron chi connectivity index (χ0n) is 12.1. The summed E-state index contributed by atoms with van der Waals surface area (Å²) in [6.45, 7) is 11.0. The number of carbonyl (C=O) groups excluding carboxylic acids is 1. The summed E-state index contributed by atoms with van der Waals surface area (Å²) in [5.41, 5.74) is 3.71. The van der Waals surface area contributed by atoms with Gasteiger partial charge in [0.1, 0.15) is 20.1 Å². The van der Waals surface area contributed by atoms with Crippen LogP contribution >= 0.6 is 0 Å². The van der Waals surface area contributed by atoms with E-state index < -0.39 is 0 Å². The van der Waals surface area contributed by atoms with Crippen LogP contribution in [0.25, 0.3) is 0 Å². The van der Waals surface area contributed by atoms with Gasteiger partial charge in [0.15, 0.2) is 0 Å². The zero-order valence-corrected chi connectivity index (χ0v) is 12.8. The quantitative estimate of drug-likeness (QED) is 0.429. The number of hydrogen-bond acceptors (Lipinski definition) is 2. The van der Waals surface area contributed by atoms with Crippen LogP contribution in [0, 0.1) is 13.8 Å². The summed E-state index contributed by atoms with van der Waals surface area (Å²) in [5, 5.41) is 0. The van der Waals surface area contributed by atoms with Gasteiger partial charge in [0.2, 0.25) is 0 Å². The van der Waals surface area contributed by atoms with Gasteiger partial charge in [-0.15, -0.1) is 4.65 Å². The number of rotatable bonds is 5. The number of nitrogens with zero attached hydrogens (tertiary/aromatic N) is 1. The molecule has 0 aliphatic rings. The monoisotopic (exact) mass is 283 g/mol. The van der Waals surface area contributed by atoms with Crippen molar-refractivity contribution in [2.75, 3.05) is 13.6 Å². The molecule has 4 heteroatoms. The van der Waals surface area contributed by atoms with Gasteiger partial charge >= 0.3 is 5.97 Å². The summed E-state index contributed by atoms with van der Waals surface area (Å²) in [6.07, 6.45) is 1.20. The van der Waals surface area contributed by atoms with E-state index in [1.807, 2.05) is 20.0 Å². The van der Waals surface area contributed by atoms with Crippen molar-refractivity contribution in [1.82, 2.24) is 0 Å². The van der Waals surface area contributed by atoms with Crippen molar-refractivity contribution in [1.29, 1.82) is 0 Å². The third-order valence-electron chi connectivity index (χ3n) is 3.37. The summed E-state index contributed by atoms with van der Waals surface area (Å²) >= 11 is 0. The summed E-state index contributed by atoms with van der Waals surface area (Å²) in [4.78, 5) is 16.8. The maximum Gasteiger partial charge on any atom is 0.389 e. The smallest absolute Gasteiger partial charge is 0.389 e. The fourth-order valence-electron chi connectivity index (χ4n) is 1.81. The lowest BCUT2D eigenvalue weighted by Gasteiger charge is -2.29. The molecule has 0 N–H and O–H groups in total. The van der Waals surface area contributed by atoms with E-state index in [1.54, 1.807) is 0 Å². The highest BCUT2D eigenvalue weighted by atomic mass is 35.5. The molecule has 0 fully saturated rings. The number of halogens is 1. The van der Waals surface area contributed by atoms with E-state index >= 15 is 0 Å². The first-order chi connectivity index (χ1) is 8.41. The van der Waals surface area contributed by atoms with Crippen LogP contribution in [-0.2, 0) is 16.2 Å². The van der Waals surface area contributed by atoms with Crippen molar-refractivity contribution in [3.63, 3.8) is 0 Å². The molecule has 106 valence electrons. The third kappa shape index (κ3) is 4.69. The Morgan fingerprint density at radius 2 is 2.05 bits per heavy atom. The molecule has 1 rings (SSSR count). The van der Waals surface area contributed by atoms with Crippen LogP contribution in [0.5, 0.6) is 0 Å². The van der Waals surface area contributed by atoms with E-state index in [0.717, 1.165) is 0 Å². The molecule has 0 aliphatic heterocycles. The second-order valence-corrected chi connectivity index (χ2v) is 4.74. The molecular formula is C15H22ClNO2. The average molecular weight is 284 g/mol. The second-order valence-electron chi connectivity index (χ2n) is 4.74. The minimum Gasteiger partial charge on any atom is -1.00 e. The fourth-order valence-corrected chi connectivity index (χ4v) is 1.81. The van der Waals surface area contributed by atoms with Gasteiger partial charge in [0.25, 0.3) is 0 Å². The molecule has 0 bridgehead atoms. The highest BCUT2D eigenvalue weighted by Gasteiger charge is 2.26. The molecule has 1 aromatic rings. The van der Waals surface area contributed by atoms with E-state index in [-0.39, 0.29) is 23.0 Å². The Kier molecular flexibility index (Phi) is 6.81. The summed E-state index contributed by atoms with van der Waals surface area (Å²) in [7, 11) is 1.91. The van der Waals surface area contributed by atoms with E-state index in [2.05, 4.69) is 32.6 Å². The van der Waals surface area contributed by atoms with Gasteiger partial charge in [-0.2, -0.15) is 0 Å². The van der Waals surface area contributed by atoms with Crippen molar-refractivity contribution in [3.05, 3.63) is 47.5 Å². The lowest BCUT2D eigenvalue weighted by molar-refractivity contribution is -1.08. The second kappa shape index (κ2) is 7.31. The Balaban J connectivity index is 0.00000324. The lowest BCUT2D eigenvalue weighted by atomic mass is 10.0. The molecule has 0 radical (unpaired) electrons. The molecule has 3 nitrogen and oxygen atoms in total. The normalized spacial score (nSPS) is 13.1. The van der Waals surface area contributed by atoms with E-state index in [4.69, 9.17) is 4.84 Å². The predicted octanol–water partition coefficient (Wildman–Crippen LogP) is -0.0819. The molecule has 1 unspecified atom stereocenters. The van der Waals surface area contributed by atoms with E-state index in [0.29, 0.717) is 13.1 Å². The number of quaternary nitrogens is 1. The maximum atomic E-state index is 11.4. The van der Waals surface area contributed by atoms with Gasteiger partial charge in [-0.1, -0.05) is 24.8 Å². The topological polar surface area (TPSA) is 26.3 Å². The van der Waals surface area contributed by atoms with Crippen LogP contribution in [-0.4, -0.2) is 24.2 Å². The van der Waals surface area contributed by atoms with Crippen molar-refractivity contribution >= 4 is 5.97 Å². The molecule has 1 aromatic carbocycles. The molecule has 0 heterocycles. The lowest BCUT2D eigenvalue weighted by Crippen LogP contribution is -3.00. The highest BCUT2D eigenvalue weighted by molar-refractivity contribution is 5.80. The van der Waals surface area contributed by atoms with Gasteiger partial charge in [-0.25, -0.2) is 4.79 Å². The molecule has 0 spiro atoms. The number of hydroxylamine groups is 3. The van der Waals surface area contributed by atoms with E-state index in [1.165, 1.54) is 22.8 Å². The highest BCUT2D eigenvalue weighted by Crippen LogP contribution is 2.19. The minimum atomic E-state index is -0.385. The van der Waals surface area contributed by atoms with Gasteiger partial charge in [0.05, 0.1) is 0 Å². The summed E-state index contributed by atoms with van der Waals surface area (Å²) < 4.78 is 0.231. The van der Waals surface area contributed by atoms with Crippen LogP contribution in [0.1, 0.15) is 23.6 Å². The third-order valence-corrected chi connectivity index (χ3v) is 3.37. The van der Waals surface area contributed by atoms with Gasteiger partial charge in [0, 0.05) is 11.6 Å². The Bertz CT molecular complexity index is 459. The first-order valence-electron chi connectivity index (χ1n) is 6.17. The van der Waals surface area contributed by atoms with Gasteiger partial charge in [-0.3, -0.25) is 4.84 Å². The van der Waals surface area contributed by atoms with Crippen LogP contribution in [0.3, 0.4) is 0 Å². The van der Waals surface area contributed by atoms with Crippen molar-refractivity contribution < 1.29 is 26.7 Å². The van der Waals surface area contributed by atoms with Gasteiger partial charge < -0.3 is 12.4 Å². The number of benzene rings is 1. The molecule has 0 amide bonds. The molecule has 1 atom stereocenters. The van der Waals surface area contributed by atoms with Crippen LogP contribution in [0.4, 0.5) is 0 Å². The van der Waals surface area contributed by atoms with Crippen LogP contribution < -0.4 is 12.4 Å². The molecule has 0 saturated carbocycles. The fraction of sp³-hybridized carbons (Fsp3) is 0.400. The van der Waals surface area contributed by atoms with Gasteiger partial charge in [-0.05, 0) is 31.9 Å². The van der Waals surface area contributed by atoms with Crippen molar-refractivity contribution in [2.24, 2.45) is 0 Å². The Morgan fingerprint density at radius 1 is 1.42 bits per heavy atom. The largest absolute Gasteiger partial charge is 1.00 e. The molecule has 0 aliphatic carbocycles. The van der Waals surface area contributed by atoms with Crippen molar-refractivity contribution in [2.45, 2.75) is 27.3 Å². The predicted molar refractivity (Wildman–Crippen MR) is 72.6 cm³/mol. The Hall–Kier alpha value is -1.32. The summed E-state index contributed by atoms with van der Waals surface area (Å²) in [6, 6.07) is 6.20. The number of aryl methyl sites for hydroxylation is 1. The maximum absolute atomic E-state index is 11.4. The number of carbonyl (C=O) groups is 1. The average Bonchev–Trinajstić information content (AvgIpc) is 2.35. The molecular weight excluding hydrogens is 262 g/mol. The van der Waals surface area contributed by atoms with Crippen LogP contribution in [0.2, 0.25) is 0 Å². The van der Waals surface area contributed by atoms with E-state index in [9.17, 15) is 4.79 Å². The summed E-state index contributed by atoms with van der Waals surface area (Å²) in [5.74, 6) is -0.385. The first-order valence-corrected chi connectivity index (χ1v) is 6.17. The SMILES string of the molecule is C=CC(=O)O[N+](C)(CC)Cc1cccc(C)c1C.[Cl-]. The zero-order chi connectivity index (χ0) is 13.8. The Morgan fingerprint density at radius 3 is 2.58 bits per heavy atom. The molecule has 0 saturated heterocycles. The first kappa shape index (κ1) is 17.7. The Labute approximate surface area is 121 Å². The standard InChI is InChI=1S/C15H22NO2.ClH/c1-6-15(17)18-16(5,7-2)11-14-10-8-9-12(3)13(14)4;/h6,8-10H,1,7,11H2,2-5H3;1H/q+1;/p-1. The molecule has 19 heavy (non-hydrogen) atoms. The number of hydrogen-bond donors (Lipinski definition) is 0. The minimum absolute atomic E-state index is 0. The molecule has 0 aromatic heterocycles.